The molecule has 0 aromatic carbocycles. The van der Waals surface area contributed by atoms with E-state index in [9.17, 15) is 18.0 Å². The largest absolute Gasteiger partial charge is 0.391 e. The maximum atomic E-state index is 12.7. The molecule has 3 unspecified atom stereocenters. The summed E-state index contributed by atoms with van der Waals surface area (Å²) >= 11 is 0. The van der Waals surface area contributed by atoms with Crippen molar-refractivity contribution in [3.63, 3.8) is 0 Å². The molecule has 0 aromatic rings. The fourth-order valence-electron chi connectivity index (χ4n) is 2.41. The molecule has 0 aromatic heterocycles. The first-order chi connectivity index (χ1) is 8.72. The molecule has 0 saturated heterocycles. The molecule has 0 radical (unpaired) electrons. The van der Waals surface area contributed by atoms with Crippen LogP contribution in [0.2, 0.25) is 0 Å². The first kappa shape index (κ1) is 16.3. The molecule has 0 bridgehead atoms. The van der Waals surface area contributed by atoms with Crippen LogP contribution in [0, 0.1) is 11.8 Å². The highest BCUT2D eigenvalue weighted by molar-refractivity contribution is 5.79. The average Bonchev–Trinajstić information content (AvgIpc) is 2.37. The van der Waals surface area contributed by atoms with Gasteiger partial charge in [-0.05, 0) is 32.6 Å². The Balaban J connectivity index is 2.62. The van der Waals surface area contributed by atoms with Crippen molar-refractivity contribution in [2.24, 2.45) is 17.6 Å². The summed E-state index contributed by atoms with van der Waals surface area (Å²) in [5.74, 6) is -2.18. The smallest absolute Gasteiger partial charge is 0.349 e. The quantitative estimate of drug-likeness (QED) is 0.831. The van der Waals surface area contributed by atoms with Crippen LogP contribution in [0.25, 0.3) is 0 Å². The molecule has 3 atom stereocenters. The van der Waals surface area contributed by atoms with Crippen LogP contribution in [0.1, 0.15) is 46.0 Å². The van der Waals surface area contributed by atoms with E-state index in [0.29, 0.717) is 19.3 Å². The van der Waals surface area contributed by atoms with Gasteiger partial charge in [-0.3, -0.25) is 4.79 Å². The third-order valence-corrected chi connectivity index (χ3v) is 4.16. The number of nitrogens with one attached hydrogen (secondary N) is 1. The maximum absolute atomic E-state index is 12.7. The lowest BCUT2D eigenvalue weighted by Crippen LogP contribution is -2.53. The third kappa shape index (κ3) is 4.37. The van der Waals surface area contributed by atoms with Crippen molar-refractivity contribution < 1.29 is 18.0 Å². The summed E-state index contributed by atoms with van der Waals surface area (Å²) in [5.41, 5.74) is 5.07. The van der Waals surface area contributed by atoms with Crippen molar-refractivity contribution in [2.45, 2.75) is 57.7 Å². The SMILES string of the molecule is CCC(C)(CN)NC(=O)C1CCCC(C(F)(F)F)C1. The highest BCUT2D eigenvalue weighted by atomic mass is 19.4. The highest BCUT2D eigenvalue weighted by Crippen LogP contribution is 2.40. The first-order valence-corrected chi connectivity index (χ1v) is 6.80. The Morgan fingerprint density at radius 1 is 1.37 bits per heavy atom. The standard InChI is InChI=1S/C13H23F3N2O/c1-3-12(2,8-17)18-11(19)9-5-4-6-10(7-9)13(14,15)16/h9-10H,3-8,17H2,1-2H3,(H,18,19). The second kappa shape index (κ2) is 6.11. The number of carbonyl (C=O) groups excluding carboxylic acids is 1. The van der Waals surface area contributed by atoms with Gasteiger partial charge in [0.25, 0.3) is 0 Å². The summed E-state index contributed by atoms with van der Waals surface area (Å²) < 4.78 is 38.1. The van der Waals surface area contributed by atoms with Crippen LogP contribution in [0.3, 0.4) is 0 Å². The van der Waals surface area contributed by atoms with Crippen molar-refractivity contribution in [3.05, 3.63) is 0 Å². The van der Waals surface area contributed by atoms with E-state index in [1.165, 1.54) is 0 Å². The van der Waals surface area contributed by atoms with Crippen molar-refractivity contribution in [1.29, 1.82) is 0 Å². The summed E-state index contributed by atoms with van der Waals surface area (Å²) in [6.07, 6.45) is -2.52. The van der Waals surface area contributed by atoms with Crippen LogP contribution < -0.4 is 11.1 Å². The van der Waals surface area contributed by atoms with Crippen LogP contribution in [0.15, 0.2) is 0 Å². The molecule has 1 rings (SSSR count). The van der Waals surface area contributed by atoms with Gasteiger partial charge in [-0.2, -0.15) is 13.2 Å². The zero-order valence-electron chi connectivity index (χ0n) is 11.5. The second-order valence-electron chi connectivity index (χ2n) is 5.71. The van der Waals surface area contributed by atoms with Crippen molar-refractivity contribution in [3.8, 4) is 0 Å². The summed E-state index contributed by atoms with van der Waals surface area (Å²) in [6.45, 7) is 3.99. The lowest BCUT2D eigenvalue weighted by Gasteiger charge is -2.34. The zero-order chi connectivity index (χ0) is 14.7. The van der Waals surface area contributed by atoms with Gasteiger partial charge < -0.3 is 11.1 Å². The number of nitrogens with two attached hydrogens (primary N) is 1. The van der Waals surface area contributed by atoms with Crippen molar-refractivity contribution in [2.75, 3.05) is 6.54 Å². The van der Waals surface area contributed by atoms with Crippen LogP contribution >= 0.6 is 0 Å². The Morgan fingerprint density at radius 2 is 2.00 bits per heavy atom. The van der Waals surface area contributed by atoms with E-state index in [4.69, 9.17) is 5.73 Å². The Bertz CT molecular complexity index is 314. The topological polar surface area (TPSA) is 55.1 Å². The number of carbonyl (C=O) groups is 1. The van der Waals surface area contributed by atoms with Crippen molar-refractivity contribution >= 4 is 5.91 Å². The number of hydrogen-bond acceptors (Lipinski definition) is 2. The maximum Gasteiger partial charge on any atom is 0.391 e. The zero-order valence-corrected chi connectivity index (χ0v) is 11.5. The molecular weight excluding hydrogens is 257 g/mol. The molecule has 0 aliphatic heterocycles. The van der Waals surface area contributed by atoms with Gasteiger partial charge in [0.1, 0.15) is 0 Å². The molecule has 1 saturated carbocycles. The van der Waals surface area contributed by atoms with E-state index in [1.807, 2.05) is 13.8 Å². The van der Waals surface area contributed by atoms with Crippen LogP contribution in [0.4, 0.5) is 13.2 Å². The second-order valence-corrected chi connectivity index (χ2v) is 5.71. The number of rotatable bonds is 4. The monoisotopic (exact) mass is 280 g/mol. The van der Waals surface area contributed by atoms with Gasteiger partial charge in [0.2, 0.25) is 5.91 Å². The fraction of sp³-hybridized carbons (Fsp3) is 0.923. The predicted octanol–water partition coefficient (Wildman–Crippen LogP) is 2.60. The fourth-order valence-corrected chi connectivity index (χ4v) is 2.41. The summed E-state index contributed by atoms with van der Waals surface area (Å²) in [7, 11) is 0. The molecule has 6 heteroatoms. The molecule has 0 spiro atoms. The molecule has 1 aliphatic rings. The highest BCUT2D eigenvalue weighted by Gasteiger charge is 2.44. The molecule has 3 nitrogen and oxygen atoms in total. The van der Waals surface area contributed by atoms with Gasteiger partial charge in [-0.1, -0.05) is 13.3 Å². The average molecular weight is 280 g/mol. The molecular formula is C13H23F3N2O. The van der Waals surface area contributed by atoms with Gasteiger partial charge in [0.05, 0.1) is 5.92 Å². The third-order valence-electron chi connectivity index (χ3n) is 4.16. The van der Waals surface area contributed by atoms with E-state index in [2.05, 4.69) is 5.32 Å². The minimum Gasteiger partial charge on any atom is -0.349 e. The predicted molar refractivity (Wildman–Crippen MR) is 67.4 cm³/mol. The van der Waals surface area contributed by atoms with E-state index >= 15 is 0 Å². The Morgan fingerprint density at radius 3 is 2.47 bits per heavy atom. The Labute approximate surface area is 112 Å². The minimum atomic E-state index is -4.19. The van der Waals surface area contributed by atoms with E-state index in [1.54, 1.807) is 0 Å². The Hall–Kier alpha value is -0.780. The Kier molecular flexibility index (Phi) is 5.24. The molecule has 1 aliphatic carbocycles. The van der Waals surface area contributed by atoms with Gasteiger partial charge in [-0.15, -0.1) is 0 Å². The van der Waals surface area contributed by atoms with Gasteiger partial charge >= 0.3 is 6.18 Å². The molecule has 19 heavy (non-hydrogen) atoms. The number of alkyl halides is 3. The minimum absolute atomic E-state index is 0.0975. The summed E-state index contributed by atoms with van der Waals surface area (Å²) in [5, 5.41) is 2.80. The van der Waals surface area contributed by atoms with Gasteiger partial charge in [0, 0.05) is 18.0 Å². The van der Waals surface area contributed by atoms with Crippen molar-refractivity contribution in [1.82, 2.24) is 5.32 Å². The molecule has 0 heterocycles. The first-order valence-electron chi connectivity index (χ1n) is 6.80. The summed E-state index contributed by atoms with van der Waals surface area (Å²) in [4.78, 5) is 12.1. The lowest BCUT2D eigenvalue weighted by atomic mass is 9.80. The van der Waals surface area contributed by atoms with Gasteiger partial charge in [0.15, 0.2) is 0 Å². The number of halogens is 3. The van der Waals surface area contributed by atoms with Gasteiger partial charge in [-0.25, -0.2) is 0 Å². The van der Waals surface area contributed by atoms with Crippen LogP contribution in [0.5, 0.6) is 0 Å². The molecule has 1 fully saturated rings. The van der Waals surface area contributed by atoms with E-state index < -0.39 is 23.6 Å². The lowest BCUT2D eigenvalue weighted by molar-refractivity contribution is -0.186. The number of hydrogen-bond donors (Lipinski definition) is 2. The molecule has 1 amide bonds. The number of amides is 1. The van der Waals surface area contributed by atoms with Crippen LogP contribution in [-0.4, -0.2) is 24.2 Å². The normalized spacial score (nSPS) is 27.7. The van der Waals surface area contributed by atoms with Crippen LogP contribution in [-0.2, 0) is 4.79 Å². The molecule has 3 N–H and O–H groups in total. The summed E-state index contributed by atoms with van der Waals surface area (Å²) in [6, 6.07) is 0. The molecule has 112 valence electrons. The van der Waals surface area contributed by atoms with E-state index in [-0.39, 0.29) is 25.3 Å². The van der Waals surface area contributed by atoms with E-state index in [0.717, 1.165) is 0 Å².